The Morgan fingerprint density at radius 2 is 2.00 bits per heavy atom. The topological polar surface area (TPSA) is 32.3 Å². The molecule has 0 atom stereocenters. The highest BCUT2D eigenvalue weighted by Crippen LogP contribution is 2.11. The Hall–Kier alpha value is -0.220. The van der Waals surface area contributed by atoms with Gasteiger partial charge in [-0.15, -0.1) is 0 Å². The van der Waals surface area contributed by atoms with Crippen LogP contribution in [0.3, 0.4) is 0 Å². The van der Waals surface area contributed by atoms with Crippen LogP contribution >= 0.6 is 11.8 Å². The number of nitrogens with one attached hydrogen (secondary N) is 1. The average molecular weight is 272 g/mol. The van der Waals surface area contributed by atoms with Gasteiger partial charge in [0.1, 0.15) is 0 Å². The number of amides is 1. The highest BCUT2D eigenvalue weighted by molar-refractivity contribution is 7.99. The first-order valence-electron chi connectivity index (χ1n) is 7.26. The first-order chi connectivity index (χ1) is 8.70. The summed E-state index contributed by atoms with van der Waals surface area (Å²) in [6, 6.07) is 0. The molecule has 1 rings (SSSR count). The minimum atomic E-state index is 0.342. The van der Waals surface area contributed by atoms with Gasteiger partial charge in [-0.3, -0.25) is 4.79 Å². The highest BCUT2D eigenvalue weighted by Gasteiger charge is 2.15. The average Bonchev–Trinajstić information content (AvgIpc) is 2.38. The Kier molecular flexibility index (Phi) is 8.51. The van der Waals surface area contributed by atoms with E-state index in [1.807, 2.05) is 4.90 Å². The number of rotatable bonds is 8. The third-order valence-electron chi connectivity index (χ3n) is 3.13. The Labute approximate surface area is 116 Å². The number of likely N-dealkylation sites (tertiary alicyclic amines) is 1. The number of nitrogens with zero attached hydrogens (tertiary/aromatic N) is 1. The second kappa shape index (κ2) is 9.68. The molecule has 1 heterocycles. The minimum absolute atomic E-state index is 0.342. The lowest BCUT2D eigenvalue weighted by Crippen LogP contribution is -2.36. The predicted octanol–water partition coefficient (Wildman–Crippen LogP) is 2.37. The number of hydrogen-bond donors (Lipinski definition) is 1. The lowest BCUT2D eigenvalue weighted by molar-refractivity contribution is -0.129. The Morgan fingerprint density at radius 3 is 2.67 bits per heavy atom. The fourth-order valence-electron chi connectivity index (χ4n) is 2.08. The van der Waals surface area contributed by atoms with Crippen LogP contribution in [0, 0.1) is 5.92 Å². The zero-order valence-corrected chi connectivity index (χ0v) is 12.7. The maximum atomic E-state index is 11.9. The summed E-state index contributed by atoms with van der Waals surface area (Å²) in [5, 5.41) is 3.43. The molecule has 0 aromatic rings. The molecule has 3 nitrogen and oxygen atoms in total. The van der Waals surface area contributed by atoms with Crippen molar-refractivity contribution in [2.75, 3.05) is 37.7 Å². The zero-order chi connectivity index (χ0) is 13.2. The molecule has 1 aliphatic rings. The normalized spacial score (nSPS) is 16.3. The van der Waals surface area contributed by atoms with Crippen molar-refractivity contribution in [2.45, 2.75) is 39.5 Å². The van der Waals surface area contributed by atoms with E-state index in [1.165, 1.54) is 19.3 Å². The number of hydrogen-bond acceptors (Lipinski definition) is 3. The van der Waals surface area contributed by atoms with E-state index in [-0.39, 0.29) is 0 Å². The van der Waals surface area contributed by atoms with Crippen LogP contribution in [0.1, 0.15) is 39.5 Å². The lowest BCUT2D eigenvalue weighted by atomic mass is 10.1. The Balaban J connectivity index is 1.92. The molecule has 0 bridgehead atoms. The number of thioether (sulfide) groups is 1. The first kappa shape index (κ1) is 15.8. The van der Waals surface area contributed by atoms with Crippen LogP contribution < -0.4 is 5.32 Å². The molecule has 1 amide bonds. The van der Waals surface area contributed by atoms with Crippen LogP contribution in [0.5, 0.6) is 0 Å². The second-order valence-electron chi connectivity index (χ2n) is 5.45. The summed E-state index contributed by atoms with van der Waals surface area (Å²) in [6.45, 7) is 8.57. The largest absolute Gasteiger partial charge is 0.342 e. The summed E-state index contributed by atoms with van der Waals surface area (Å²) in [7, 11) is 0. The van der Waals surface area contributed by atoms with E-state index in [0.29, 0.717) is 11.7 Å². The maximum Gasteiger partial charge on any atom is 0.232 e. The summed E-state index contributed by atoms with van der Waals surface area (Å²) in [5.41, 5.74) is 0. The van der Waals surface area contributed by atoms with Crippen molar-refractivity contribution in [2.24, 2.45) is 5.92 Å². The minimum Gasteiger partial charge on any atom is -0.342 e. The van der Waals surface area contributed by atoms with E-state index in [2.05, 4.69) is 19.2 Å². The fraction of sp³-hybridized carbons (Fsp3) is 0.929. The molecular formula is C14H28N2OS. The van der Waals surface area contributed by atoms with Gasteiger partial charge in [0, 0.05) is 13.1 Å². The molecule has 0 unspecified atom stereocenters. The molecule has 1 N–H and O–H groups in total. The van der Waals surface area contributed by atoms with Crippen molar-refractivity contribution in [3.8, 4) is 0 Å². The van der Waals surface area contributed by atoms with Crippen molar-refractivity contribution in [3.05, 3.63) is 0 Å². The quantitative estimate of drug-likeness (QED) is 0.689. The monoisotopic (exact) mass is 272 g/mol. The van der Waals surface area contributed by atoms with Crippen molar-refractivity contribution >= 4 is 17.7 Å². The van der Waals surface area contributed by atoms with Gasteiger partial charge in [-0.1, -0.05) is 13.8 Å². The van der Waals surface area contributed by atoms with E-state index in [0.717, 1.165) is 44.3 Å². The predicted molar refractivity (Wildman–Crippen MR) is 80.1 cm³/mol. The zero-order valence-electron chi connectivity index (χ0n) is 11.9. The molecule has 1 fully saturated rings. The maximum absolute atomic E-state index is 11.9. The van der Waals surface area contributed by atoms with E-state index in [9.17, 15) is 4.79 Å². The van der Waals surface area contributed by atoms with Gasteiger partial charge in [0.2, 0.25) is 5.91 Å². The van der Waals surface area contributed by atoms with Gasteiger partial charge < -0.3 is 10.2 Å². The molecule has 1 saturated heterocycles. The first-order valence-corrected chi connectivity index (χ1v) is 8.42. The molecular weight excluding hydrogens is 244 g/mol. The van der Waals surface area contributed by atoms with Gasteiger partial charge in [-0.25, -0.2) is 0 Å². The molecule has 106 valence electrons. The summed E-state index contributed by atoms with van der Waals surface area (Å²) >= 11 is 1.78. The summed E-state index contributed by atoms with van der Waals surface area (Å²) in [6.07, 6.45) is 4.83. The van der Waals surface area contributed by atoms with E-state index in [4.69, 9.17) is 0 Å². The molecule has 1 aliphatic heterocycles. The number of carbonyl (C=O) groups excluding carboxylic acids is 1. The van der Waals surface area contributed by atoms with Crippen molar-refractivity contribution in [3.63, 3.8) is 0 Å². The van der Waals surface area contributed by atoms with Crippen LogP contribution in [0.15, 0.2) is 0 Å². The Bertz CT molecular complexity index is 228. The van der Waals surface area contributed by atoms with Crippen LogP contribution in [0.2, 0.25) is 0 Å². The molecule has 4 heteroatoms. The van der Waals surface area contributed by atoms with Gasteiger partial charge in [-0.05, 0) is 50.4 Å². The molecule has 0 aromatic carbocycles. The summed E-state index contributed by atoms with van der Waals surface area (Å²) in [5.74, 6) is 2.82. The van der Waals surface area contributed by atoms with E-state index < -0.39 is 0 Å². The third kappa shape index (κ3) is 7.27. The van der Waals surface area contributed by atoms with Crippen LogP contribution in [-0.2, 0) is 4.79 Å². The molecule has 0 saturated carbocycles. The SMILES string of the molecule is CC(C)CNCCCSCC(=O)N1CCCCC1. The van der Waals surface area contributed by atoms with E-state index in [1.54, 1.807) is 11.8 Å². The lowest BCUT2D eigenvalue weighted by Gasteiger charge is -2.26. The number of carbonyl (C=O) groups is 1. The molecule has 0 aromatic heterocycles. The molecule has 18 heavy (non-hydrogen) atoms. The van der Waals surface area contributed by atoms with Gasteiger partial charge in [0.25, 0.3) is 0 Å². The van der Waals surface area contributed by atoms with Crippen LogP contribution in [0.4, 0.5) is 0 Å². The van der Waals surface area contributed by atoms with Gasteiger partial charge in [0.15, 0.2) is 0 Å². The van der Waals surface area contributed by atoms with Crippen LogP contribution in [-0.4, -0.2) is 48.5 Å². The highest BCUT2D eigenvalue weighted by atomic mass is 32.2. The standard InChI is InChI=1S/C14H28N2OS/c1-13(2)11-15-7-6-10-18-12-14(17)16-8-4-3-5-9-16/h13,15H,3-12H2,1-2H3. The summed E-state index contributed by atoms with van der Waals surface area (Å²) < 4.78 is 0. The van der Waals surface area contributed by atoms with Crippen LogP contribution in [0.25, 0.3) is 0 Å². The smallest absolute Gasteiger partial charge is 0.232 e. The molecule has 0 radical (unpaired) electrons. The second-order valence-corrected chi connectivity index (χ2v) is 6.55. The fourth-order valence-corrected chi connectivity index (χ4v) is 2.93. The van der Waals surface area contributed by atoms with Crippen molar-refractivity contribution in [1.29, 1.82) is 0 Å². The van der Waals surface area contributed by atoms with Gasteiger partial charge in [-0.2, -0.15) is 11.8 Å². The number of piperidine rings is 1. The van der Waals surface area contributed by atoms with Gasteiger partial charge >= 0.3 is 0 Å². The molecule has 0 spiro atoms. The molecule has 0 aliphatic carbocycles. The third-order valence-corrected chi connectivity index (χ3v) is 4.16. The Morgan fingerprint density at radius 1 is 1.28 bits per heavy atom. The van der Waals surface area contributed by atoms with Gasteiger partial charge in [0.05, 0.1) is 5.75 Å². The van der Waals surface area contributed by atoms with Crippen molar-refractivity contribution in [1.82, 2.24) is 10.2 Å². The van der Waals surface area contributed by atoms with Crippen molar-refractivity contribution < 1.29 is 4.79 Å². The van der Waals surface area contributed by atoms with E-state index >= 15 is 0 Å². The summed E-state index contributed by atoms with van der Waals surface area (Å²) in [4.78, 5) is 13.9.